The molecule has 3 fully saturated rings. The monoisotopic (exact) mass is 338 g/mol. The highest BCUT2D eigenvalue weighted by Crippen LogP contribution is 2.28. The van der Waals surface area contributed by atoms with E-state index in [-0.39, 0.29) is 18.1 Å². The van der Waals surface area contributed by atoms with E-state index in [2.05, 4.69) is 22.9 Å². The average Bonchev–Trinajstić information content (AvgIpc) is 2.61. The van der Waals surface area contributed by atoms with Gasteiger partial charge in [-0.1, -0.05) is 26.2 Å². The molecule has 0 unspecified atom stereocenters. The zero-order chi connectivity index (χ0) is 16.9. The Labute approximate surface area is 143 Å². The smallest absolute Gasteiger partial charge is 0.328 e. The van der Waals surface area contributed by atoms with Crippen molar-refractivity contribution in [2.45, 2.75) is 76.7 Å². The minimum Gasteiger partial charge on any atom is -0.381 e. The van der Waals surface area contributed by atoms with Crippen LogP contribution in [0.4, 0.5) is 9.59 Å². The number of imide groups is 1. The van der Waals surface area contributed by atoms with E-state index in [1.165, 1.54) is 37.0 Å². The highest BCUT2D eigenvalue weighted by molar-refractivity contribution is 5.96. The summed E-state index contributed by atoms with van der Waals surface area (Å²) in [7, 11) is 0. The maximum atomic E-state index is 12.4. The van der Waals surface area contributed by atoms with Crippen molar-refractivity contribution in [2.75, 3.05) is 13.2 Å². The molecule has 0 aromatic rings. The first kappa shape index (κ1) is 17.5. The summed E-state index contributed by atoms with van der Waals surface area (Å²) in [5.74, 6) is 0.631. The molecule has 136 valence electrons. The van der Waals surface area contributed by atoms with E-state index >= 15 is 0 Å². The van der Waals surface area contributed by atoms with E-state index in [1.54, 1.807) is 0 Å². The Balaban J connectivity index is 1.56. The summed E-state index contributed by atoms with van der Waals surface area (Å²) >= 11 is 0. The van der Waals surface area contributed by atoms with Gasteiger partial charge in [-0.15, -0.1) is 0 Å². The van der Waals surface area contributed by atoms with E-state index in [0.29, 0.717) is 38.0 Å². The van der Waals surface area contributed by atoms with Crippen LogP contribution in [0.2, 0.25) is 0 Å². The van der Waals surface area contributed by atoms with Crippen molar-refractivity contribution in [1.82, 2.24) is 20.9 Å². The molecular weight excluding hydrogens is 308 g/mol. The fourth-order valence-electron chi connectivity index (χ4n) is 4.21. The zero-order valence-corrected chi connectivity index (χ0v) is 14.6. The molecule has 0 spiro atoms. The Morgan fingerprint density at radius 1 is 1.08 bits per heavy atom. The number of nitrogens with zero attached hydrogens (tertiary/aromatic N) is 1. The number of hydrogen-bond donors (Lipinski definition) is 3. The average molecular weight is 338 g/mol. The van der Waals surface area contributed by atoms with Gasteiger partial charge >= 0.3 is 12.1 Å². The summed E-state index contributed by atoms with van der Waals surface area (Å²) in [4.78, 5) is 26.2. The number of amides is 4. The maximum Gasteiger partial charge on any atom is 0.328 e. The third-order valence-electron chi connectivity index (χ3n) is 5.57. The van der Waals surface area contributed by atoms with E-state index in [0.717, 1.165) is 6.42 Å². The van der Waals surface area contributed by atoms with Crippen molar-refractivity contribution in [1.29, 1.82) is 0 Å². The van der Waals surface area contributed by atoms with Gasteiger partial charge in [-0.2, -0.15) is 0 Å². The molecule has 3 aliphatic rings. The fraction of sp³-hybridized carbons (Fsp3) is 0.882. The minimum absolute atomic E-state index is 0.0694. The van der Waals surface area contributed by atoms with Gasteiger partial charge in [0, 0.05) is 25.3 Å². The molecule has 0 aromatic heterocycles. The van der Waals surface area contributed by atoms with Crippen molar-refractivity contribution >= 4 is 12.1 Å². The molecule has 0 radical (unpaired) electrons. The first-order valence-electron chi connectivity index (χ1n) is 9.43. The van der Waals surface area contributed by atoms with Crippen LogP contribution in [0.3, 0.4) is 0 Å². The number of carbonyl (C=O) groups is 2. The molecule has 7 nitrogen and oxygen atoms in total. The predicted octanol–water partition coefficient (Wildman–Crippen LogP) is 2.13. The predicted molar refractivity (Wildman–Crippen MR) is 90.3 cm³/mol. The summed E-state index contributed by atoms with van der Waals surface area (Å²) in [6, 6.07) is -0.353. The number of rotatable bonds is 5. The summed E-state index contributed by atoms with van der Waals surface area (Å²) in [6.45, 7) is 3.36. The van der Waals surface area contributed by atoms with Crippen molar-refractivity contribution in [3.63, 3.8) is 0 Å². The Kier molecular flexibility index (Phi) is 5.94. The van der Waals surface area contributed by atoms with E-state index in [1.807, 2.05) is 0 Å². The van der Waals surface area contributed by atoms with Gasteiger partial charge in [0.1, 0.15) is 0 Å². The van der Waals surface area contributed by atoms with Gasteiger partial charge in [0.2, 0.25) is 0 Å². The molecule has 1 atom stereocenters. The standard InChI is InChI=1S/C17H30N4O3/c1-2-14(12-6-4-3-5-7-12)18-15-19-16(22)21(17(23)20-15)13-8-10-24-11-9-13/h12-15,18H,2-11H2,1H3,(H,19,22)(H,20,23)/t14-/m0/s1. The second-order valence-corrected chi connectivity index (χ2v) is 7.13. The molecule has 2 saturated heterocycles. The summed E-state index contributed by atoms with van der Waals surface area (Å²) in [5, 5.41) is 9.25. The summed E-state index contributed by atoms with van der Waals surface area (Å²) < 4.78 is 5.31. The lowest BCUT2D eigenvalue weighted by Gasteiger charge is -2.40. The lowest BCUT2D eigenvalue weighted by Crippen LogP contribution is -2.71. The van der Waals surface area contributed by atoms with Crippen LogP contribution in [-0.4, -0.2) is 48.5 Å². The second-order valence-electron chi connectivity index (χ2n) is 7.13. The van der Waals surface area contributed by atoms with Crippen LogP contribution in [0.1, 0.15) is 58.3 Å². The van der Waals surface area contributed by atoms with Gasteiger partial charge in [-0.3, -0.25) is 5.32 Å². The number of hydrogen-bond acceptors (Lipinski definition) is 4. The number of nitrogens with one attached hydrogen (secondary N) is 3. The van der Waals surface area contributed by atoms with Gasteiger partial charge in [0.05, 0.1) is 0 Å². The zero-order valence-electron chi connectivity index (χ0n) is 14.6. The normalized spacial score (nSPS) is 26.1. The molecule has 2 aliphatic heterocycles. The van der Waals surface area contributed by atoms with Gasteiger partial charge in [0.15, 0.2) is 6.29 Å². The van der Waals surface area contributed by atoms with Gasteiger partial charge in [-0.25, -0.2) is 14.5 Å². The molecule has 2 heterocycles. The Morgan fingerprint density at radius 3 is 2.29 bits per heavy atom. The van der Waals surface area contributed by atoms with Crippen LogP contribution < -0.4 is 16.0 Å². The lowest BCUT2D eigenvalue weighted by molar-refractivity contribution is 0.0486. The minimum atomic E-state index is -0.479. The van der Waals surface area contributed by atoms with Crippen molar-refractivity contribution < 1.29 is 14.3 Å². The molecular formula is C17H30N4O3. The largest absolute Gasteiger partial charge is 0.381 e. The SMILES string of the molecule is CC[C@H](NC1NC(=O)N(C2CCOCC2)C(=O)N1)C1CCCCC1. The molecule has 3 N–H and O–H groups in total. The van der Waals surface area contributed by atoms with Crippen molar-refractivity contribution in [2.24, 2.45) is 5.92 Å². The Bertz CT molecular complexity index is 429. The lowest BCUT2D eigenvalue weighted by atomic mass is 9.83. The maximum absolute atomic E-state index is 12.4. The van der Waals surface area contributed by atoms with Crippen LogP contribution >= 0.6 is 0 Å². The van der Waals surface area contributed by atoms with Crippen molar-refractivity contribution in [3.8, 4) is 0 Å². The Hall–Kier alpha value is -1.34. The first-order valence-corrected chi connectivity index (χ1v) is 9.43. The van der Waals surface area contributed by atoms with Gasteiger partial charge in [-0.05, 0) is 38.0 Å². The molecule has 0 bridgehead atoms. The highest BCUT2D eigenvalue weighted by atomic mass is 16.5. The van der Waals surface area contributed by atoms with E-state index in [9.17, 15) is 9.59 Å². The van der Waals surface area contributed by atoms with Crippen LogP contribution in [0.5, 0.6) is 0 Å². The number of carbonyl (C=O) groups excluding carboxylic acids is 2. The van der Waals surface area contributed by atoms with Crippen LogP contribution in [0, 0.1) is 5.92 Å². The summed E-state index contributed by atoms with van der Waals surface area (Å²) in [6.07, 6.45) is 8.28. The molecule has 24 heavy (non-hydrogen) atoms. The molecule has 1 aliphatic carbocycles. The van der Waals surface area contributed by atoms with Crippen LogP contribution in [0.25, 0.3) is 0 Å². The molecule has 4 amide bonds. The molecule has 7 heteroatoms. The van der Waals surface area contributed by atoms with Crippen LogP contribution in [0.15, 0.2) is 0 Å². The highest BCUT2D eigenvalue weighted by Gasteiger charge is 2.38. The Morgan fingerprint density at radius 2 is 1.71 bits per heavy atom. The number of ether oxygens (including phenoxy) is 1. The molecule has 0 aromatic carbocycles. The topological polar surface area (TPSA) is 82.7 Å². The second kappa shape index (κ2) is 8.16. The third kappa shape index (κ3) is 4.00. The quantitative estimate of drug-likeness (QED) is 0.717. The third-order valence-corrected chi connectivity index (χ3v) is 5.57. The van der Waals surface area contributed by atoms with Crippen molar-refractivity contribution in [3.05, 3.63) is 0 Å². The van der Waals surface area contributed by atoms with E-state index in [4.69, 9.17) is 4.74 Å². The first-order chi connectivity index (χ1) is 11.7. The number of urea groups is 2. The summed E-state index contributed by atoms with van der Waals surface area (Å²) in [5.41, 5.74) is 0. The van der Waals surface area contributed by atoms with Crippen LogP contribution in [-0.2, 0) is 4.74 Å². The fourth-order valence-corrected chi connectivity index (χ4v) is 4.21. The molecule has 3 rings (SSSR count). The van der Waals surface area contributed by atoms with Gasteiger partial charge < -0.3 is 15.4 Å². The van der Waals surface area contributed by atoms with E-state index < -0.39 is 6.29 Å². The van der Waals surface area contributed by atoms with Gasteiger partial charge in [0.25, 0.3) is 0 Å². The molecule has 1 saturated carbocycles.